The molecule has 194 valence electrons. The molecule has 4 rings (SSSR count). The second-order valence-electron chi connectivity index (χ2n) is 12.6. The summed E-state index contributed by atoms with van der Waals surface area (Å²) in [5.41, 5.74) is 1.82. The first-order valence-electron chi connectivity index (χ1n) is 13.1. The van der Waals surface area contributed by atoms with Crippen molar-refractivity contribution in [2.75, 3.05) is 0 Å². The van der Waals surface area contributed by atoms with Gasteiger partial charge >= 0.3 is 10.4 Å². The Kier molecular flexibility index (Phi) is 6.96. The summed E-state index contributed by atoms with van der Waals surface area (Å²) >= 11 is 0. The Labute approximate surface area is 205 Å². The van der Waals surface area contributed by atoms with Crippen molar-refractivity contribution < 1.29 is 27.4 Å². The summed E-state index contributed by atoms with van der Waals surface area (Å²) in [4.78, 5) is 0. The number of aliphatic hydroxyl groups is 2. The van der Waals surface area contributed by atoms with Gasteiger partial charge in [0.2, 0.25) is 0 Å². The van der Waals surface area contributed by atoms with E-state index in [4.69, 9.17) is 8.74 Å². The second kappa shape index (κ2) is 8.98. The zero-order valence-electron chi connectivity index (χ0n) is 21.5. The Morgan fingerprint density at radius 1 is 1.21 bits per heavy atom. The van der Waals surface area contributed by atoms with Crippen LogP contribution in [0.4, 0.5) is 0 Å². The van der Waals surface area contributed by atoms with Crippen molar-refractivity contribution >= 4 is 10.4 Å². The number of rotatable bonds is 6. The maximum Gasteiger partial charge on any atom is 0.397 e. The molecule has 3 saturated carbocycles. The minimum absolute atomic E-state index is 0.0108. The molecule has 3 N–H and O–H groups in total. The van der Waals surface area contributed by atoms with E-state index in [1.165, 1.54) is 11.1 Å². The molecule has 0 radical (unpaired) electrons. The summed E-state index contributed by atoms with van der Waals surface area (Å²) < 4.78 is 36.6. The lowest BCUT2D eigenvalue weighted by Crippen LogP contribution is -2.55. The van der Waals surface area contributed by atoms with Crippen LogP contribution in [0.15, 0.2) is 23.3 Å². The summed E-state index contributed by atoms with van der Waals surface area (Å²) in [7, 11) is -4.50. The maximum absolute atomic E-state index is 11.6. The quantitative estimate of drug-likeness (QED) is 0.344. The van der Waals surface area contributed by atoms with Gasteiger partial charge in [0.1, 0.15) is 0 Å². The lowest BCUT2D eigenvalue weighted by Gasteiger charge is -2.58. The minimum atomic E-state index is -4.50. The average molecular weight is 497 g/mol. The van der Waals surface area contributed by atoms with Crippen LogP contribution in [-0.4, -0.2) is 41.0 Å². The molecule has 0 amide bonds. The SMILES string of the molecule is CC(C)=CCCC(C)(O)C1CCC2C3CC(O)C4CC(OS(=O)(=O)O)CCC4(C)C3=CCC21C. The predicted molar refractivity (Wildman–Crippen MR) is 132 cm³/mol. The topological polar surface area (TPSA) is 104 Å². The largest absolute Gasteiger partial charge is 0.397 e. The molecule has 0 spiro atoms. The van der Waals surface area contributed by atoms with Gasteiger partial charge in [0.25, 0.3) is 0 Å². The van der Waals surface area contributed by atoms with E-state index in [2.05, 4.69) is 39.8 Å². The molecule has 6 nitrogen and oxygen atoms in total. The summed E-state index contributed by atoms with van der Waals surface area (Å²) in [6, 6.07) is 0. The maximum atomic E-state index is 11.6. The summed E-state index contributed by atoms with van der Waals surface area (Å²) in [6.07, 6.45) is 10.6. The minimum Gasteiger partial charge on any atom is -0.393 e. The van der Waals surface area contributed by atoms with Crippen LogP contribution in [0.3, 0.4) is 0 Å². The van der Waals surface area contributed by atoms with Crippen LogP contribution in [0.1, 0.15) is 92.4 Å². The number of allylic oxidation sites excluding steroid dienone is 4. The van der Waals surface area contributed by atoms with Crippen LogP contribution < -0.4 is 0 Å². The van der Waals surface area contributed by atoms with E-state index in [9.17, 15) is 18.6 Å². The number of aliphatic hydroxyl groups excluding tert-OH is 1. The molecule has 4 aliphatic rings. The van der Waals surface area contributed by atoms with Gasteiger partial charge in [-0.05, 0) is 113 Å². The highest BCUT2D eigenvalue weighted by atomic mass is 32.3. The Morgan fingerprint density at radius 2 is 1.91 bits per heavy atom. The van der Waals surface area contributed by atoms with Crippen LogP contribution in [-0.2, 0) is 14.6 Å². The molecule has 0 aromatic heterocycles. The number of hydrogen-bond acceptors (Lipinski definition) is 5. The third-order valence-electron chi connectivity index (χ3n) is 10.2. The first kappa shape index (κ1) is 26.3. The van der Waals surface area contributed by atoms with Crippen molar-refractivity contribution in [2.24, 2.45) is 34.5 Å². The highest BCUT2D eigenvalue weighted by molar-refractivity contribution is 7.80. The van der Waals surface area contributed by atoms with Crippen LogP contribution in [0, 0.1) is 34.5 Å². The smallest absolute Gasteiger partial charge is 0.393 e. The molecule has 0 heterocycles. The van der Waals surface area contributed by atoms with Crippen LogP contribution in [0.5, 0.6) is 0 Å². The molecule has 7 heteroatoms. The molecule has 0 aliphatic heterocycles. The van der Waals surface area contributed by atoms with Gasteiger partial charge in [-0.3, -0.25) is 4.55 Å². The molecule has 9 atom stereocenters. The van der Waals surface area contributed by atoms with Crippen molar-refractivity contribution in [3.63, 3.8) is 0 Å². The average Bonchev–Trinajstić information content (AvgIpc) is 3.06. The number of hydrogen-bond donors (Lipinski definition) is 3. The molecular weight excluding hydrogens is 452 g/mol. The molecule has 0 saturated heterocycles. The van der Waals surface area contributed by atoms with E-state index >= 15 is 0 Å². The molecule has 3 fully saturated rings. The van der Waals surface area contributed by atoms with E-state index in [1.54, 1.807) is 0 Å². The monoisotopic (exact) mass is 496 g/mol. The van der Waals surface area contributed by atoms with Crippen LogP contribution in [0.2, 0.25) is 0 Å². The lowest BCUT2D eigenvalue weighted by atomic mass is 9.47. The Hall–Kier alpha value is -0.730. The third-order valence-corrected chi connectivity index (χ3v) is 10.7. The van der Waals surface area contributed by atoms with Crippen molar-refractivity contribution in [1.29, 1.82) is 0 Å². The van der Waals surface area contributed by atoms with Gasteiger partial charge in [-0.15, -0.1) is 0 Å². The van der Waals surface area contributed by atoms with Gasteiger partial charge in [0.15, 0.2) is 0 Å². The first-order chi connectivity index (χ1) is 15.7. The van der Waals surface area contributed by atoms with Crippen LogP contribution in [0.25, 0.3) is 0 Å². The fourth-order valence-corrected chi connectivity index (χ4v) is 9.16. The molecule has 9 unspecified atom stereocenters. The van der Waals surface area contributed by atoms with Gasteiger partial charge in [-0.25, -0.2) is 4.18 Å². The predicted octanol–water partition coefficient (Wildman–Crippen LogP) is 5.22. The van der Waals surface area contributed by atoms with E-state index in [0.29, 0.717) is 31.1 Å². The molecule has 0 bridgehead atoms. The van der Waals surface area contributed by atoms with Gasteiger partial charge in [0.05, 0.1) is 17.8 Å². The zero-order valence-corrected chi connectivity index (χ0v) is 22.3. The zero-order chi connectivity index (χ0) is 25.1. The Morgan fingerprint density at radius 3 is 2.56 bits per heavy atom. The van der Waals surface area contributed by atoms with E-state index in [-0.39, 0.29) is 22.7 Å². The van der Waals surface area contributed by atoms with E-state index < -0.39 is 28.2 Å². The first-order valence-corrected chi connectivity index (χ1v) is 14.4. The lowest BCUT2D eigenvalue weighted by molar-refractivity contribution is -0.0954. The standard InChI is InChI=1S/C27H44O6S/c1-17(2)7-6-12-27(5,29)24-9-8-20-19-16-23(28)22-15-18(33-34(30,31)32)10-13-25(22,3)21(19)11-14-26(20,24)4/h7,11,18-20,22-24,28-29H,6,8-10,12-16H2,1-5H3,(H,30,31,32). The van der Waals surface area contributed by atoms with E-state index in [0.717, 1.165) is 38.5 Å². The van der Waals surface area contributed by atoms with Crippen LogP contribution >= 0.6 is 0 Å². The molecule has 0 aromatic carbocycles. The van der Waals surface area contributed by atoms with Gasteiger partial charge in [-0.2, -0.15) is 8.42 Å². The molecule has 4 aliphatic carbocycles. The molecule has 0 aromatic rings. The molecule has 34 heavy (non-hydrogen) atoms. The highest BCUT2D eigenvalue weighted by Crippen LogP contribution is 2.67. The highest BCUT2D eigenvalue weighted by Gasteiger charge is 2.61. The fourth-order valence-electron chi connectivity index (χ4n) is 8.64. The second-order valence-corrected chi connectivity index (χ2v) is 13.7. The van der Waals surface area contributed by atoms with Gasteiger partial charge in [0, 0.05) is 0 Å². The van der Waals surface area contributed by atoms with Crippen molar-refractivity contribution in [3.8, 4) is 0 Å². The Bertz CT molecular complexity index is 948. The van der Waals surface area contributed by atoms with Gasteiger partial charge < -0.3 is 10.2 Å². The summed E-state index contributed by atoms with van der Waals surface area (Å²) in [6.45, 7) is 10.8. The van der Waals surface area contributed by atoms with Crippen molar-refractivity contribution in [2.45, 2.75) is 110 Å². The molecular formula is C27H44O6S. The summed E-state index contributed by atoms with van der Waals surface area (Å²) in [5, 5.41) is 22.8. The van der Waals surface area contributed by atoms with Crippen molar-refractivity contribution in [1.82, 2.24) is 0 Å². The number of fused-ring (bicyclic) bond motifs is 5. The van der Waals surface area contributed by atoms with E-state index in [1.807, 2.05) is 6.92 Å². The van der Waals surface area contributed by atoms with Crippen molar-refractivity contribution in [3.05, 3.63) is 23.3 Å². The summed E-state index contributed by atoms with van der Waals surface area (Å²) in [5.74, 6) is 0.887. The normalized spacial score (nSPS) is 43.7. The van der Waals surface area contributed by atoms with Gasteiger partial charge in [-0.1, -0.05) is 37.1 Å². The fraction of sp³-hybridized carbons (Fsp3) is 0.852. The third kappa shape index (κ3) is 4.68. The Balaban J connectivity index is 1.57.